The summed E-state index contributed by atoms with van der Waals surface area (Å²) < 4.78 is 49.1. The van der Waals surface area contributed by atoms with Gasteiger partial charge >= 0.3 is 12.3 Å². The van der Waals surface area contributed by atoms with Crippen molar-refractivity contribution in [1.82, 2.24) is 5.32 Å². The van der Waals surface area contributed by atoms with Gasteiger partial charge in [-0.1, -0.05) is 19.3 Å². The van der Waals surface area contributed by atoms with E-state index in [0.717, 1.165) is 32.1 Å². The third kappa shape index (κ3) is 4.79. The molecule has 0 spiro atoms. The van der Waals surface area contributed by atoms with Crippen LogP contribution in [-0.4, -0.2) is 31.5 Å². The van der Waals surface area contributed by atoms with Gasteiger partial charge in [0.15, 0.2) is 0 Å². The fourth-order valence-corrected chi connectivity index (χ4v) is 2.17. The summed E-state index contributed by atoms with van der Waals surface area (Å²) in [4.78, 5) is 0. The average Bonchev–Trinajstić information content (AvgIpc) is 2.44. The van der Waals surface area contributed by atoms with Gasteiger partial charge in [-0.3, -0.25) is 0 Å². The standard InChI is InChI=1S/C11H20F4N2/c12-10(13)11(14,15)7-17-6-8-4-2-1-3-5-9(8)16/h8-10,17H,1-7,16H2. The summed E-state index contributed by atoms with van der Waals surface area (Å²) in [6, 6.07) is -0.00910. The van der Waals surface area contributed by atoms with Crippen molar-refractivity contribution in [2.24, 2.45) is 11.7 Å². The lowest BCUT2D eigenvalue weighted by Crippen LogP contribution is -2.43. The molecule has 3 N–H and O–H groups in total. The molecule has 2 unspecified atom stereocenters. The Bertz CT molecular complexity index is 224. The van der Waals surface area contributed by atoms with Gasteiger partial charge in [0.2, 0.25) is 0 Å². The van der Waals surface area contributed by atoms with Crippen LogP contribution in [0.5, 0.6) is 0 Å². The summed E-state index contributed by atoms with van der Waals surface area (Å²) in [5, 5.41) is 2.42. The molecule has 0 aromatic heterocycles. The molecule has 1 saturated carbocycles. The number of nitrogens with two attached hydrogens (primary N) is 1. The van der Waals surface area contributed by atoms with Crippen LogP contribution >= 0.6 is 0 Å². The second-order valence-corrected chi connectivity index (χ2v) is 4.75. The molecule has 1 aliphatic carbocycles. The second-order valence-electron chi connectivity index (χ2n) is 4.75. The smallest absolute Gasteiger partial charge is 0.319 e. The number of nitrogens with one attached hydrogen (secondary N) is 1. The quantitative estimate of drug-likeness (QED) is 0.585. The Hall–Kier alpha value is -0.360. The van der Waals surface area contributed by atoms with Crippen LogP contribution in [0.25, 0.3) is 0 Å². The highest BCUT2D eigenvalue weighted by Gasteiger charge is 2.40. The zero-order valence-corrected chi connectivity index (χ0v) is 9.77. The van der Waals surface area contributed by atoms with Crippen molar-refractivity contribution < 1.29 is 17.6 Å². The van der Waals surface area contributed by atoms with E-state index in [-0.39, 0.29) is 12.0 Å². The zero-order valence-electron chi connectivity index (χ0n) is 9.77. The minimum absolute atomic E-state index is 0.00910. The minimum Gasteiger partial charge on any atom is -0.327 e. The van der Waals surface area contributed by atoms with Gasteiger partial charge in [0, 0.05) is 6.04 Å². The van der Waals surface area contributed by atoms with E-state index in [1.165, 1.54) is 0 Å². The van der Waals surface area contributed by atoms with Crippen molar-refractivity contribution in [2.45, 2.75) is 50.5 Å². The highest BCUT2D eigenvalue weighted by Crippen LogP contribution is 2.23. The van der Waals surface area contributed by atoms with Gasteiger partial charge in [-0.25, -0.2) is 8.78 Å². The van der Waals surface area contributed by atoms with Crippen LogP contribution in [-0.2, 0) is 0 Å². The van der Waals surface area contributed by atoms with Gasteiger partial charge in [-0.05, 0) is 25.3 Å². The summed E-state index contributed by atoms with van der Waals surface area (Å²) >= 11 is 0. The highest BCUT2D eigenvalue weighted by atomic mass is 19.3. The first-order chi connectivity index (χ1) is 7.93. The van der Waals surface area contributed by atoms with Crippen LogP contribution in [0.1, 0.15) is 32.1 Å². The largest absolute Gasteiger partial charge is 0.327 e. The number of rotatable bonds is 5. The lowest BCUT2D eigenvalue weighted by Gasteiger charge is -2.23. The van der Waals surface area contributed by atoms with E-state index in [4.69, 9.17) is 5.73 Å². The highest BCUT2D eigenvalue weighted by molar-refractivity contribution is 4.80. The van der Waals surface area contributed by atoms with Crippen molar-refractivity contribution in [3.05, 3.63) is 0 Å². The molecule has 1 fully saturated rings. The Kier molecular flexibility index (Phi) is 5.66. The second kappa shape index (κ2) is 6.54. The molecule has 0 aromatic rings. The van der Waals surface area contributed by atoms with Gasteiger partial charge < -0.3 is 11.1 Å². The van der Waals surface area contributed by atoms with E-state index in [2.05, 4.69) is 5.32 Å². The molecule has 0 radical (unpaired) electrons. The maximum Gasteiger partial charge on any atom is 0.319 e. The third-order valence-corrected chi connectivity index (χ3v) is 3.30. The van der Waals surface area contributed by atoms with Gasteiger partial charge in [0.1, 0.15) is 0 Å². The molecule has 1 rings (SSSR count). The molecular weight excluding hydrogens is 236 g/mol. The van der Waals surface area contributed by atoms with Crippen molar-refractivity contribution in [2.75, 3.05) is 13.1 Å². The van der Waals surface area contributed by atoms with Crippen LogP contribution in [0.15, 0.2) is 0 Å². The van der Waals surface area contributed by atoms with Crippen LogP contribution in [0.4, 0.5) is 17.6 Å². The first kappa shape index (κ1) is 14.7. The fourth-order valence-electron chi connectivity index (χ4n) is 2.17. The molecule has 0 heterocycles. The summed E-state index contributed by atoms with van der Waals surface area (Å²) in [6.45, 7) is -0.683. The predicted molar refractivity (Wildman–Crippen MR) is 58.4 cm³/mol. The molecule has 0 saturated heterocycles. The number of hydrogen-bond donors (Lipinski definition) is 2. The monoisotopic (exact) mass is 256 g/mol. The molecule has 1 aliphatic rings. The van der Waals surface area contributed by atoms with E-state index in [0.29, 0.717) is 6.54 Å². The Morgan fingerprint density at radius 1 is 1.18 bits per heavy atom. The number of halogens is 4. The first-order valence-electron chi connectivity index (χ1n) is 6.06. The summed E-state index contributed by atoms with van der Waals surface area (Å²) in [5.74, 6) is -3.83. The topological polar surface area (TPSA) is 38.0 Å². The maximum absolute atomic E-state index is 12.6. The van der Waals surface area contributed by atoms with Crippen LogP contribution < -0.4 is 11.1 Å². The Balaban J connectivity index is 2.29. The van der Waals surface area contributed by atoms with Crippen LogP contribution in [0.3, 0.4) is 0 Å². The summed E-state index contributed by atoms with van der Waals surface area (Å²) in [5.41, 5.74) is 5.91. The summed E-state index contributed by atoms with van der Waals surface area (Å²) in [7, 11) is 0. The van der Waals surface area contributed by atoms with Gasteiger partial charge in [-0.15, -0.1) is 0 Å². The molecular formula is C11H20F4N2. The molecule has 2 atom stereocenters. The number of hydrogen-bond acceptors (Lipinski definition) is 2. The average molecular weight is 256 g/mol. The van der Waals surface area contributed by atoms with Gasteiger partial charge in [0.05, 0.1) is 6.54 Å². The molecule has 102 valence electrons. The van der Waals surface area contributed by atoms with Gasteiger partial charge in [-0.2, -0.15) is 8.78 Å². The normalized spacial score (nSPS) is 27.2. The Morgan fingerprint density at radius 3 is 2.47 bits per heavy atom. The van der Waals surface area contributed by atoms with Gasteiger partial charge in [0.25, 0.3) is 0 Å². The SMILES string of the molecule is NC1CCCCCC1CNCC(F)(F)C(F)F. The third-order valence-electron chi connectivity index (χ3n) is 3.30. The van der Waals surface area contributed by atoms with E-state index in [1.54, 1.807) is 0 Å². The molecule has 0 amide bonds. The minimum atomic E-state index is -3.95. The van der Waals surface area contributed by atoms with E-state index in [9.17, 15) is 17.6 Å². The lowest BCUT2D eigenvalue weighted by molar-refractivity contribution is -0.125. The zero-order chi connectivity index (χ0) is 12.9. The molecule has 6 heteroatoms. The molecule has 2 nitrogen and oxygen atoms in total. The van der Waals surface area contributed by atoms with E-state index < -0.39 is 18.9 Å². The van der Waals surface area contributed by atoms with Crippen LogP contribution in [0.2, 0.25) is 0 Å². The Morgan fingerprint density at radius 2 is 1.82 bits per heavy atom. The van der Waals surface area contributed by atoms with Crippen molar-refractivity contribution in [1.29, 1.82) is 0 Å². The molecule has 0 bridgehead atoms. The molecule has 0 aliphatic heterocycles. The van der Waals surface area contributed by atoms with Crippen molar-refractivity contribution >= 4 is 0 Å². The van der Waals surface area contributed by atoms with E-state index >= 15 is 0 Å². The molecule has 17 heavy (non-hydrogen) atoms. The predicted octanol–water partition coefficient (Wildman–Crippen LogP) is 2.38. The fraction of sp³-hybridized carbons (Fsp3) is 1.00. The number of alkyl halides is 4. The Labute approximate surface area is 98.9 Å². The van der Waals surface area contributed by atoms with Crippen molar-refractivity contribution in [3.8, 4) is 0 Å². The molecule has 0 aromatic carbocycles. The summed E-state index contributed by atoms with van der Waals surface area (Å²) in [6.07, 6.45) is 1.36. The van der Waals surface area contributed by atoms with Crippen LogP contribution in [0, 0.1) is 5.92 Å². The lowest BCUT2D eigenvalue weighted by atomic mass is 9.95. The van der Waals surface area contributed by atoms with E-state index in [1.807, 2.05) is 0 Å². The maximum atomic E-state index is 12.6. The van der Waals surface area contributed by atoms with Crippen molar-refractivity contribution in [3.63, 3.8) is 0 Å². The first-order valence-corrected chi connectivity index (χ1v) is 6.06.